The number of aryl methyl sites for hydroxylation is 1. The molecule has 0 aliphatic rings. The second-order valence-electron chi connectivity index (χ2n) is 7.86. The van der Waals surface area contributed by atoms with E-state index in [2.05, 4.69) is 5.32 Å². The number of hydrogen-bond donors (Lipinski definition) is 1. The van der Waals surface area contributed by atoms with Gasteiger partial charge < -0.3 is 9.73 Å². The number of anilines is 1. The zero-order valence-electron chi connectivity index (χ0n) is 18.6. The summed E-state index contributed by atoms with van der Waals surface area (Å²) in [6, 6.07) is 16.7. The van der Waals surface area contributed by atoms with Gasteiger partial charge in [0.1, 0.15) is 17.2 Å². The van der Waals surface area contributed by atoms with Gasteiger partial charge in [-0.25, -0.2) is 12.8 Å². The second kappa shape index (κ2) is 8.37. The molecule has 0 radical (unpaired) electrons. The lowest BCUT2D eigenvalue weighted by atomic mass is 9.97. The van der Waals surface area contributed by atoms with Gasteiger partial charge in [0.05, 0.1) is 17.5 Å². The number of rotatable bonds is 5. The van der Waals surface area contributed by atoms with Crippen molar-refractivity contribution in [2.75, 3.05) is 24.7 Å². The fraction of sp³-hybridized carbons (Fsp3) is 0.160. The van der Waals surface area contributed by atoms with Crippen molar-refractivity contribution in [2.24, 2.45) is 0 Å². The van der Waals surface area contributed by atoms with E-state index in [4.69, 9.17) is 4.42 Å². The van der Waals surface area contributed by atoms with Crippen LogP contribution in [0.3, 0.4) is 0 Å². The average Bonchev–Trinajstić information content (AvgIpc) is 3.15. The lowest BCUT2D eigenvalue weighted by molar-refractivity contribution is 0.0964. The van der Waals surface area contributed by atoms with E-state index in [1.165, 1.54) is 42.7 Å². The second-order valence-corrected chi connectivity index (χ2v) is 9.87. The van der Waals surface area contributed by atoms with E-state index in [-0.39, 0.29) is 11.7 Å². The van der Waals surface area contributed by atoms with Gasteiger partial charge in [0.15, 0.2) is 0 Å². The van der Waals surface area contributed by atoms with Crippen LogP contribution in [0, 0.1) is 12.7 Å². The van der Waals surface area contributed by atoms with Crippen molar-refractivity contribution in [1.82, 2.24) is 5.32 Å². The van der Waals surface area contributed by atoms with E-state index in [9.17, 15) is 17.6 Å². The molecule has 0 saturated carbocycles. The quantitative estimate of drug-likeness (QED) is 0.450. The molecule has 4 rings (SSSR count). The minimum absolute atomic E-state index is 0.277. The minimum atomic E-state index is -3.58. The largest absolute Gasteiger partial charge is 0.455 e. The highest BCUT2D eigenvalue weighted by atomic mass is 32.2. The minimum Gasteiger partial charge on any atom is -0.455 e. The number of nitrogens with zero attached hydrogens (tertiary/aromatic N) is 1. The molecule has 8 heteroatoms. The molecule has 170 valence electrons. The summed E-state index contributed by atoms with van der Waals surface area (Å²) < 4.78 is 45.5. The van der Waals surface area contributed by atoms with Crippen molar-refractivity contribution < 1.29 is 22.0 Å². The van der Waals surface area contributed by atoms with Gasteiger partial charge >= 0.3 is 0 Å². The molecule has 0 spiro atoms. The van der Waals surface area contributed by atoms with Crippen LogP contribution in [-0.2, 0) is 10.0 Å². The molecule has 1 heterocycles. The summed E-state index contributed by atoms with van der Waals surface area (Å²) in [7, 11) is -0.587. The maximum atomic E-state index is 13.5. The molecule has 0 bridgehead atoms. The Labute approximate surface area is 191 Å². The summed E-state index contributed by atoms with van der Waals surface area (Å²) >= 11 is 0. The van der Waals surface area contributed by atoms with Gasteiger partial charge in [-0.3, -0.25) is 9.10 Å². The molecule has 6 nitrogen and oxygen atoms in total. The molecular weight excluding hydrogens is 443 g/mol. The number of sulfonamides is 1. The number of fused-ring (bicyclic) bond motifs is 1. The van der Waals surface area contributed by atoms with Crippen LogP contribution in [-0.4, -0.2) is 34.7 Å². The van der Waals surface area contributed by atoms with E-state index >= 15 is 0 Å². The first-order valence-corrected chi connectivity index (χ1v) is 12.0. The molecule has 0 aliphatic carbocycles. The topological polar surface area (TPSA) is 79.6 Å². The number of halogens is 1. The van der Waals surface area contributed by atoms with E-state index in [0.717, 1.165) is 17.4 Å². The van der Waals surface area contributed by atoms with Crippen LogP contribution in [0.1, 0.15) is 15.9 Å². The first-order chi connectivity index (χ1) is 15.6. The molecule has 0 atom stereocenters. The highest BCUT2D eigenvalue weighted by molar-refractivity contribution is 7.92. The fourth-order valence-electron chi connectivity index (χ4n) is 3.77. The Morgan fingerprint density at radius 1 is 1.03 bits per heavy atom. The third kappa shape index (κ3) is 4.21. The molecule has 0 aliphatic heterocycles. The van der Waals surface area contributed by atoms with Crippen molar-refractivity contribution in [3.8, 4) is 22.5 Å². The summed E-state index contributed by atoms with van der Waals surface area (Å²) in [5, 5.41) is 3.16. The summed E-state index contributed by atoms with van der Waals surface area (Å²) in [6.07, 6.45) is 1.12. The van der Waals surface area contributed by atoms with Crippen LogP contribution in [0.2, 0.25) is 0 Å². The Morgan fingerprint density at radius 2 is 1.73 bits per heavy atom. The summed E-state index contributed by atoms with van der Waals surface area (Å²) in [6.45, 7) is 1.95. The highest BCUT2D eigenvalue weighted by Crippen LogP contribution is 2.41. The first kappa shape index (κ1) is 22.5. The van der Waals surface area contributed by atoms with E-state index in [0.29, 0.717) is 33.3 Å². The zero-order chi connectivity index (χ0) is 23.9. The Balaban J connectivity index is 2.09. The summed E-state index contributed by atoms with van der Waals surface area (Å²) in [5.74, 6) is -0.499. The number of carbonyl (C=O) groups is 1. The molecule has 0 unspecified atom stereocenters. The Hall–Kier alpha value is -3.65. The van der Waals surface area contributed by atoms with Crippen molar-refractivity contribution >= 4 is 32.6 Å². The van der Waals surface area contributed by atoms with Crippen molar-refractivity contribution in [3.63, 3.8) is 0 Å². The van der Waals surface area contributed by atoms with Gasteiger partial charge in [-0.2, -0.15) is 0 Å². The fourth-order valence-corrected chi connectivity index (χ4v) is 4.28. The number of furan rings is 1. The van der Waals surface area contributed by atoms with Gasteiger partial charge in [0.25, 0.3) is 5.91 Å². The maximum Gasteiger partial charge on any atom is 0.255 e. The molecule has 1 aromatic heterocycles. The molecule has 1 N–H and O–H groups in total. The van der Waals surface area contributed by atoms with Crippen LogP contribution in [0.4, 0.5) is 10.1 Å². The number of nitrogens with one attached hydrogen (secondary N) is 1. The Bertz CT molecular complexity index is 1470. The van der Waals surface area contributed by atoms with Crippen molar-refractivity contribution in [2.45, 2.75) is 6.92 Å². The zero-order valence-corrected chi connectivity index (χ0v) is 19.5. The number of amides is 1. The average molecular weight is 467 g/mol. The van der Waals surface area contributed by atoms with Gasteiger partial charge in [-0.1, -0.05) is 29.8 Å². The van der Waals surface area contributed by atoms with Crippen molar-refractivity contribution in [1.29, 1.82) is 0 Å². The lowest BCUT2D eigenvalue weighted by Crippen LogP contribution is -2.25. The highest BCUT2D eigenvalue weighted by Gasteiger charge is 2.25. The van der Waals surface area contributed by atoms with Crippen LogP contribution in [0.15, 0.2) is 65.1 Å². The predicted molar refractivity (Wildman–Crippen MR) is 128 cm³/mol. The van der Waals surface area contributed by atoms with Crippen LogP contribution in [0.5, 0.6) is 0 Å². The first-order valence-electron chi connectivity index (χ1n) is 10.2. The SMILES string of the molecule is CNC(=O)c1c(-c2ccc(F)cc2)oc2cc(N(C)S(C)(=O)=O)c(-c3cccc(C)c3)cc12. The normalized spacial score (nSPS) is 11.5. The van der Waals surface area contributed by atoms with Crippen molar-refractivity contribution in [3.05, 3.63) is 77.6 Å². The molecule has 4 aromatic rings. The van der Waals surface area contributed by atoms with Crippen LogP contribution in [0.25, 0.3) is 33.4 Å². The van der Waals surface area contributed by atoms with Gasteiger partial charge in [0.2, 0.25) is 10.0 Å². The summed E-state index contributed by atoms with van der Waals surface area (Å²) in [4.78, 5) is 12.9. The molecule has 0 fully saturated rings. The monoisotopic (exact) mass is 466 g/mol. The Morgan fingerprint density at radius 3 is 2.33 bits per heavy atom. The van der Waals surface area contributed by atoms with Crippen LogP contribution < -0.4 is 9.62 Å². The molecule has 33 heavy (non-hydrogen) atoms. The third-order valence-electron chi connectivity index (χ3n) is 5.53. The smallest absolute Gasteiger partial charge is 0.255 e. The predicted octanol–water partition coefficient (Wildman–Crippen LogP) is 4.97. The van der Waals surface area contributed by atoms with Gasteiger partial charge in [0, 0.05) is 36.7 Å². The summed E-state index contributed by atoms with van der Waals surface area (Å²) in [5.41, 5.74) is 4.02. The standard InChI is InChI=1S/C25H23FN2O4S/c1-15-6-5-7-17(12-15)19-13-20-22(14-21(19)28(3)33(4,30)31)32-24(23(20)25(29)27-2)16-8-10-18(26)11-9-16/h5-14H,1-4H3,(H,27,29). The number of benzene rings is 3. The maximum absolute atomic E-state index is 13.5. The molecule has 0 saturated heterocycles. The third-order valence-corrected chi connectivity index (χ3v) is 6.72. The molecule has 1 amide bonds. The number of hydrogen-bond acceptors (Lipinski definition) is 4. The Kier molecular flexibility index (Phi) is 5.71. The number of carbonyl (C=O) groups excluding carboxylic acids is 1. The van der Waals surface area contributed by atoms with Gasteiger partial charge in [-0.05, 0) is 42.8 Å². The van der Waals surface area contributed by atoms with E-state index in [1.54, 1.807) is 12.1 Å². The molecular formula is C25H23FN2O4S. The van der Waals surface area contributed by atoms with Crippen LogP contribution >= 0.6 is 0 Å². The molecule has 3 aromatic carbocycles. The van der Waals surface area contributed by atoms with E-state index in [1.807, 2.05) is 31.2 Å². The van der Waals surface area contributed by atoms with Gasteiger partial charge in [-0.15, -0.1) is 0 Å². The van der Waals surface area contributed by atoms with E-state index < -0.39 is 15.8 Å². The lowest BCUT2D eigenvalue weighted by Gasteiger charge is -2.21.